The first kappa shape index (κ1) is 12.5. The minimum absolute atomic E-state index is 0.379. The quantitative estimate of drug-likeness (QED) is 0.290. The number of aryl methyl sites for hydroxylation is 1. The van der Waals surface area contributed by atoms with Gasteiger partial charge in [-0.1, -0.05) is 23.8 Å². The van der Waals surface area contributed by atoms with Gasteiger partial charge in [0.25, 0.3) is 5.24 Å². The molecule has 0 unspecified atom stereocenters. The Morgan fingerprint density at radius 3 is 2.38 bits per heavy atom. The van der Waals surface area contributed by atoms with Crippen molar-refractivity contribution in [3.8, 4) is 0 Å². The van der Waals surface area contributed by atoms with E-state index < -0.39 is 11.0 Å². The minimum atomic E-state index is -0.952. The summed E-state index contributed by atoms with van der Waals surface area (Å²) >= 11 is 5.25. The van der Waals surface area contributed by atoms with Gasteiger partial charge in [-0.25, -0.2) is 0 Å². The second kappa shape index (κ2) is 4.94. The van der Waals surface area contributed by atoms with Gasteiger partial charge in [0.1, 0.15) is 11.3 Å². The molecule has 0 fully saturated rings. The fraction of sp³-hybridized carbons (Fsp3) is 0.167. The molecule has 1 N–H and O–H groups in total. The van der Waals surface area contributed by atoms with E-state index in [1.165, 1.54) is 6.92 Å². The van der Waals surface area contributed by atoms with Gasteiger partial charge in [-0.3, -0.25) is 9.59 Å². The number of aliphatic hydroxyl groups excluding tert-OH is 1. The van der Waals surface area contributed by atoms with Crippen LogP contribution in [0, 0.1) is 6.92 Å². The van der Waals surface area contributed by atoms with Gasteiger partial charge in [0.05, 0.1) is 0 Å². The van der Waals surface area contributed by atoms with Gasteiger partial charge in [0.2, 0.25) is 0 Å². The number of ketones is 1. The molecule has 0 aliphatic heterocycles. The van der Waals surface area contributed by atoms with Crippen LogP contribution in [0.2, 0.25) is 0 Å². The Morgan fingerprint density at radius 2 is 1.94 bits per heavy atom. The molecular weight excluding hydrogens is 228 g/mol. The van der Waals surface area contributed by atoms with Crippen molar-refractivity contribution in [3.05, 3.63) is 41.0 Å². The van der Waals surface area contributed by atoms with Crippen molar-refractivity contribution in [2.45, 2.75) is 13.8 Å². The number of carbonyl (C=O) groups is 2. The lowest BCUT2D eigenvalue weighted by molar-refractivity contribution is -0.117. The molecule has 0 spiro atoms. The van der Waals surface area contributed by atoms with E-state index in [1.807, 2.05) is 13.0 Å². The maximum absolute atomic E-state index is 11.2. The minimum Gasteiger partial charge on any atom is -0.506 e. The molecule has 0 saturated carbocycles. The van der Waals surface area contributed by atoms with Crippen molar-refractivity contribution >= 4 is 28.4 Å². The molecule has 0 atom stereocenters. The number of halogens is 1. The third kappa shape index (κ3) is 2.70. The largest absolute Gasteiger partial charge is 0.506 e. The molecule has 0 bridgehead atoms. The van der Waals surface area contributed by atoms with Crippen molar-refractivity contribution in [1.29, 1.82) is 0 Å². The lowest BCUT2D eigenvalue weighted by Crippen LogP contribution is -2.07. The van der Waals surface area contributed by atoms with E-state index in [0.717, 1.165) is 5.56 Å². The van der Waals surface area contributed by atoms with Crippen molar-refractivity contribution in [2.24, 2.45) is 0 Å². The van der Waals surface area contributed by atoms with E-state index in [-0.39, 0.29) is 11.3 Å². The average molecular weight is 239 g/mol. The van der Waals surface area contributed by atoms with Crippen LogP contribution in [0.5, 0.6) is 0 Å². The Balaban J connectivity index is 3.35. The summed E-state index contributed by atoms with van der Waals surface area (Å²) in [6.07, 6.45) is 0. The lowest BCUT2D eigenvalue weighted by atomic mass is 10.0. The van der Waals surface area contributed by atoms with Crippen molar-refractivity contribution in [3.63, 3.8) is 0 Å². The van der Waals surface area contributed by atoms with Gasteiger partial charge in [-0.05, 0) is 31.5 Å². The number of hydrogen-bond acceptors (Lipinski definition) is 3. The molecule has 0 aliphatic rings. The summed E-state index contributed by atoms with van der Waals surface area (Å²) in [7, 11) is 0. The number of carbonyl (C=O) groups excluding carboxylic acids is 2. The van der Waals surface area contributed by atoms with E-state index in [1.54, 1.807) is 18.2 Å². The molecule has 1 aromatic rings. The molecule has 16 heavy (non-hydrogen) atoms. The summed E-state index contributed by atoms with van der Waals surface area (Å²) in [5, 5.41) is 8.85. The summed E-state index contributed by atoms with van der Waals surface area (Å²) in [5.74, 6) is -0.935. The van der Waals surface area contributed by atoms with Crippen LogP contribution >= 0.6 is 11.6 Å². The molecule has 1 aromatic carbocycles. The molecule has 84 valence electrons. The SMILES string of the molecule is CC(=O)/C(C(=O)Cl)=C(\O)c1cccc(C)c1. The number of benzene rings is 1. The standard InChI is InChI=1S/C12H11ClO3/c1-7-4-3-5-9(6-7)11(15)10(8(2)14)12(13)16/h3-6,15H,1-2H3/b11-10+. The van der Waals surface area contributed by atoms with Crippen LogP contribution < -0.4 is 0 Å². The second-order valence-corrected chi connectivity index (χ2v) is 3.77. The van der Waals surface area contributed by atoms with Crippen LogP contribution in [0.15, 0.2) is 29.8 Å². The van der Waals surface area contributed by atoms with Gasteiger partial charge in [0.15, 0.2) is 5.78 Å². The Hall–Kier alpha value is -1.61. The smallest absolute Gasteiger partial charge is 0.259 e. The van der Waals surface area contributed by atoms with Crippen LogP contribution in [0.25, 0.3) is 5.76 Å². The van der Waals surface area contributed by atoms with E-state index in [4.69, 9.17) is 11.6 Å². The highest BCUT2D eigenvalue weighted by molar-refractivity contribution is 6.71. The van der Waals surface area contributed by atoms with Crippen molar-refractivity contribution in [2.75, 3.05) is 0 Å². The second-order valence-electron chi connectivity index (χ2n) is 3.42. The number of hydrogen-bond donors (Lipinski definition) is 1. The maximum Gasteiger partial charge on any atom is 0.259 e. The van der Waals surface area contributed by atoms with Gasteiger partial charge in [0, 0.05) is 5.56 Å². The van der Waals surface area contributed by atoms with Crippen LogP contribution in [-0.4, -0.2) is 16.1 Å². The molecule has 0 aromatic heterocycles. The number of aliphatic hydroxyl groups is 1. The fourth-order valence-corrected chi connectivity index (χ4v) is 1.56. The molecule has 0 aliphatic carbocycles. The summed E-state index contributed by atoms with van der Waals surface area (Å²) in [6, 6.07) is 6.83. The van der Waals surface area contributed by atoms with E-state index >= 15 is 0 Å². The highest BCUT2D eigenvalue weighted by Gasteiger charge is 2.19. The number of Topliss-reactive ketones (excluding diaryl/α,β-unsaturated/α-hetero) is 1. The predicted molar refractivity (Wildman–Crippen MR) is 62.3 cm³/mol. The highest BCUT2D eigenvalue weighted by Crippen LogP contribution is 2.19. The zero-order chi connectivity index (χ0) is 12.3. The monoisotopic (exact) mass is 238 g/mol. The van der Waals surface area contributed by atoms with Crippen molar-refractivity contribution < 1.29 is 14.7 Å². The topological polar surface area (TPSA) is 54.4 Å². The Labute approximate surface area is 98.4 Å². The fourth-order valence-electron chi connectivity index (χ4n) is 1.33. The van der Waals surface area contributed by atoms with E-state index in [9.17, 15) is 14.7 Å². The first-order valence-corrected chi connectivity index (χ1v) is 5.02. The molecule has 4 heteroatoms. The molecule has 0 radical (unpaired) electrons. The normalized spacial score (nSPS) is 11.9. The lowest BCUT2D eigenvalue weighted by Gasteiger charge is -2.05. The first-order valence-electron chi connectivity index (χ1n) is 4.64. The molecule has 0 amide bonds. The molecule has 3 nitrogen and oxygen atoms in total. The van der Waals surface area contributed by atoms with Crippen LogP contribution in [0.3, 0.4) is 0 Å². The summed E-state index contributed by atoms with van der Waals surface area (Å²) in [5.41, 5.74) is 0.931. The Morgan fingerprint density at radius 1 is 1.31 bits per heavy atom. The number of rotatable bonds is 3. The maximum atomic E-state index is 11.2. The molecule has 0 heterocycles. The van der Waals surface area contributed by atoms with Crippen LogP contribution in [-0.2, 0) is 9.59 Å². The highest BCUT2D eigenvalue weighted by atomic mass is 35.5. The third-order valence-corrected chi connectivity index (χ3v) is 2.27. The van der Waals surface area contributed by atoms with Crippen LogP contribution in [0.1, 0.15) is 18.1 Å². The predicted octanol–water partition coefficient (Wildman–Crippen LogP) is 2.62. The van der Waals surface area contributed by atoms with E-state index in [0.29, 0.717) is 5.56 Å². The summed E-state index contributed by atoms with van der Waals surface area (Å²) in [6.45, 7) is 3.02. The number of allylic oxidation sites excluding steroid dienone is 1. The third-order valence-electron chi connectivity index (χ3n) is 2.08. The van der Waals surface area contributed by atoms with Gasteiger partial charge in [-0.2, -0.15) is 0 Å². The average Bonchev–Trinajstić information content (AvgIpc) is 2.16. The Bertz CT molecular complexity index is 459. The van der Waals surface area contributed by atoms with Crippen molar-refractivity contribution in [1.82, 2.24) is 0 Å². The molecule has 1 rings (SSSR count). The van der Waals surface area contributed by atoms with Crippen LogP contribution in [0.4, 0.5) is 0 Å². The summed E-state index contributed by atoms with van der Waals surface area (Å²) < 4.78 is 0. The Kier molecular flexibility index (Phi) is 3.85. The summed E-state index contributed by atoms with van der Waals surface area (Å²) in [4.78, 5) is 22.2. The molecular formula is C12H11ClO3. The van der Waals surface area contributed by atoms with Gasteiger partial charge >= 0.3 is 0 Å². The first-order chi connectivity index (χ1) is 7.43. The zero-order valence-electron chi connectivity index (χ0n) is 8.95. The van der Waals surface area contributed by atoms with Gasteiger partial charge in [-0.15, -0.1) is 0 Å². The van der Waals surface area contributed by atoms with Gasteiger partial charge < -0.3 is 5.11 Å². The molecule has 0 saturated heterocycles. The van der Waals surface area contributed by atoms with E-state index in [2.05, 4.69) is 0 Å². The zero-order valence-corrected chi connectivity index (χ0v) is 9.71.